The van der Waals surface area contributed by atoms with Crippen LogP contribution in [0.3, 0.4) is 0 Å². The van der Waals surface area contributed by atoms with Crippen molar-refractivity contribution in [3.05, 3.63) is 35.4 Å². The molecule has 0 aliphatic carbocycles. The Hall–Kier alpha value is -2.10. The van der Waals surface area contributed by atoms with Crippen LogP contribution < -0.4 is 5.73 Å². The molecule has 1 rings (SSSR count). The van der Waals surface area contributed by atoms with E-state index in [-0.39, 0.29) is 49.6 Å². The number of ether oxygens (including phenoxy) is 3. The second-order valence-corrected chi connectivity index (χ2v) is 9.31. The van der Waals surface area contributed by atoms with E-state index < -0.39 is 11.4 Å². The molecule has 182 valence electrons. The number of carbonyl (C=O) groups is 2. The van der Waals surface area contributed by atoms with Crippen molar-refractivity contribution in [2.45, 2.75) is 54.3 Å². The van der Waals surface area contributed by atoms with Crippen LogP contribution >= 0.6 is 11.8 Å². The number of benzene rings is 1. The van der Waals surface area contributed by atoms with Crippen LogP contribution in [0, 0.1) is 23.7 Å². The summed E-state index contributed by atoms with van der Waals surface area (Å²) < 4.78 is 15.9. The smallest absolute Gasteiger partial charge is 0.317 e. The van der Waals surface area contributed by atoms with Gasteiger partial charge in [-0.1, -0.05) is 55.4 Å². The number of aliphatic hydroxyl groups excluding tert-OH is 1. The summed E-state index contributed by atoms with van der Waals surface area (Å²) in [6, 6.07) is 7.84. The van der Waals surface area contributed by atoms with E-state index >= 15 is 0 Å². The summed E-state index contributed by atoms with van der Waals surface area (Å²) in [4.78, 5) is 23.9. The third-order valence-electron chi connectivity index (χ3n) is 4.11. The van der Waals surface area contributed by atoms with Gasteiger partial charge in [-0.15, -0.1) is 0 Å². The first-order valence-corrected chi connectivity index (χ1v) is 11.5. The Kier molecular flexibility index (Phi) is 14.6. The number of carbonyl (C=O) groups excluding carboxylic acids is 2. The first-order valence-electron chi connectivity index (χ1n) is 10.5. The second-order valence-electron chi connectivity index (χ2n) is 8.18. The van der Waals surface area contributed by atoms with Crippen LogP contribution in [-0.4, -0.2) is 53.9 Å². The lowest BCUT2D eigenvalue weighted by molar-refractivity contribution is -0.169. The SMILES string of the molecule is CC(C)OCC(C)(COC(=O)C(C)C)C(=O)OCCSC(=N)N.Cc1ccc(CO)cc1. The normalized spacial score (nSPS) is 12.5. The Balaban J connectivity index is 0.000000879. The molecule has 0 aliphatic rings. The molecule has 9 heteroatoms. The van der Waals surface area contributed by atoms with Gasteiger partial charge in [0, 0.05) is 5.75 Å². The van der Waals surface area contributed by atoms with Gasteiger partial charge in [0.2, 0.25) is 0 Å². The molecule has 8 nitrogen and oxygen atoms in total. The summed E-state index contributed by atoms with van der Waals surface area (Å²) in [6.07, 6.45) is -0.0591. The number of esters is 2. The van der Waals surface area contributed by atoms with E-state index in [2.05, 4.69) is 0 Å². The first-order chi connectivity index (χ1) is 14.9. The van der Waals surface area contributed by atoms with Crippen molar-refractivity contribution in [2.75, 3.05) is 25.6 Å². The number of amidine groups is 1. The van der Waals surface area contributed by atoms with Crippen LogP contribution in [-0.2, 0) is 30.4 Å². The van der Waals surface area contributed by atoms with Gasteiger partial charge >= 0.3 is 11.9 Å². The predicted molar refractivity (Wildman–Crippen MR) is 127 cm³/mol. The zero-order chi connectivity index (χ0) is 24.7. The molecule has 0 spiro atoms. The number of nitrogens with two attached hydrogens (primary N) is 1. The minimum atomic E-state index is -1.07. The fourth-order valence-electron chi connectivity index (χ4n) is 2.06. The van der Waals surface area contributed by atoms with E-state index in [1.807, 2.05) is 45.0 Å². The number of hydrogen-bond donors (Lipinski definition) is 3. The molecular weight excluding hydrogens is 432 g/mol. The standard InChI is InChI=1S/C15H28N2O5S.C8H10O/c1-10(2)12(18)22-9-15(5,8-21-11(3)4)13(19)20-6-7-23-14(16)17;1-7-2-4-8(6-9)5-3-7/h10-11H,6-9H2,1-5H3,(H3,16,17);2-5,9H,6H2,1H3. The van der Waals surface area contributed by atoms with Crippen LogP contribution in [0.15, 0.2) is 24.3 Å². The highest BCUT2D eigenvalue weighted by atomic mass is 32.2. The number of rotatable bonds is 11. The second kappa shape index (κ2) is 15.7. The Labute approximate surface area is 195 Å². The van der Waals surface area contributed by atoms with Gasteiger partial charge in [0.15, 0.2) is 5.17 Å². The molecule has 1 aromatic carbocycles. The highest BCUT2D eigenvalue weighted by Gasteiger charge is 2.37. The van der Waals surface area contributed by atoms with Gasteiger partial charge in [-0.05, 0) is 33.3 Å². The van der Waals surface area contributed by atoms with E-state index in [1.54, 1.807) is 20.8 Å². The van der Waals surface area contributed by atoms with Crippen molar-refractivity contribution in [1.82, 2.24) is 0 Å². The minimum absolute atomic E-state index is 0.0298. The average molecular weight is 471 g/mol. The molecule has 0 radical (unpaired) electrons. The minimum Gasteiger partial charge on any atom is -0.464 e. The Bertz CT molecular complexity index is 709. The maximum absolute atomic E-state index is 12.3. The zero-order valence-electron chi connectivity index (χ0n) is 20.0. The fourth-order valence-corrected chi connectivity index (χ4v) is 2.45. The van der Waals surface area contributed by atoms with Gasteiger partial charge < -0.3 is 25.1 Å². The molecule has 0 saturated carbocycles. The van der Waals surface area contributed by atoms with Crippen LogP contribution in [0.1, 0.15) is 45.7 Å². The molecule has 0 aromatic heterocycles. The van der Waals surface area contributed by atoms with Gasteiger partial charge in [0.25, 0.3) is 0 Å². The molecule has 1 unspecified atom stereocenters. The summed E-state index contributed by atoms with van der Waals surface area (Å²) in [5.74, 6) is -0.749. The zero-order valence-corrected chi connectivity index (χ0v) is 20.8. The lowest BCUT2D eigenvalue weighted by Gasteiger charge is -2.28. The van der Waals surface area contributed by atoms with Gasteiger partial charge in [0.1, 0.15) is 18.6 Å². The number of thioether (sulfide) groups is 1. The van der Waals surface area contributed by atoms with Crippen molar-refractivity contribution < 1.29 is 28.9 Å². The quantitative estimate of drug-likeness (QED) is 0.194. The third-order valence-corrected chi connectivity index (χ3v) is 4.79. The Morgan fingerprint density at radius 3 is 2.19 bits per heavy atom. The molecule has 32 heavy (non-hydrogen) atoms. The van der Waals surface area contributed by atoms with Crippen molar-refractivity contribution in [3.8, 4) is 0 Å². The lowest BCUT2D eigenvalue weighted by Crippen LogP contribution is -2.41. The average Bonchev–Trinajstić information content (AvgIpc) is 2.74. The summed E-state index contributed by atoms with van der Waals surface area (Å²) in [7, 11) is 0. The number of aryl methyl sites for hydroxylation is 1. The van der Waals surface area contributed by atoms with Crippen molar-refractivity contribution in [1.29, 1.82) is 5.41 Å². The number of hydrogen-bond acceptors (Lipinski definition) is 8. The molecule has 1 aromatic rings. The molecule has 0 bridgehead atoms. The van der Waals surface area contributed by atoms with Crippen molar-refractivity contribution in [3.63, 3.8) is 0 Å². The molecule has 0 fully saturated rings. The predicted octanol–water partition coefficient (Wildman–Crippen LogP) is 3.27. The van der Waals surface area contributed by atoms with Crippen LogP contribution in [0.2, 0.25) is 0 Å². The summed E-state index contributed by atoms with van der Waals surface area (Å²) in [5, 5.41) is 15.7. The molecular formula is C23H38N2O6S. The summed E-state index contributed by atoms with van der Waals surface area (Å²) in [6.45, 7) is 11.1. The monoisotopic (exact) mass is 470 g/mol. The summed E-state index contributed by atoms with van der Waals surface area (Å²) in [5.41, 5.74) is 6.34. The number of nitrogens with one attached hydrogen (secondary N) is 1. The Morgan fingerprint density at radius 2 is 1.72 bits per heavy atom. The van der Waals surface area contributed by atoms with Crippen LogP contribution in [0.5, 0.6) is 0 Å². The summed E-state index contributed by atoms with van der Waals surface area (Å²) >= 11 is 1.09. The van der Waals surface area contributed by atoms with Crippen molar-refractivity contribution in [2.24, 2.45) is 17.1 Å². The fraction of sp³-hybridized carbons (Fsp3) is 0.609. The van der Waals surface area contributed by atoms with Crippen LogP contribution in [0.25, 0.3) is 0 Å². The van der Waals surface area contributed by atoms with E-state index in [0.717, 1.165) is 17.3 Å². The van der Waals surface area contributed by atoms with Gasteiger partial charge in [-0.3, -0.25) is 15.0 Å². The maximum atomic E-state index is 12.3. The van der Waals surface area contributed by atoms with Crippen LogP contribution in [0.4, 0.5) is 0 Å². The molecule has 0 saturated heterocycles. The largest absolute Gasteiger partial charge is 0.464 e. The van der Waals surface area contributed by atoms with Gasteiger partial charge in [-0.25, -0.2) is 0 Å². The van der Waals surface area contributed by atoms with Gasteiger partial charge in [0.05, 0.1) is 25.2 Å². The van der Waals surface area contributed by atoms with E-state index in [1.165, 1.54) is 5.56 Å². The Morgan fingerprint density at radius 1 is 1.12 bits per heavy atom. The number of aliphatic hydroxyl groups is 1. The molecule has 0 aliphatic heterocycles. The molecule has 0 amide bonds. The highest BCUT2D eigenvalue weighted by Crippen LogP contribution is 2.22. The lowest BCUT2D eigenvalue weighted by atomic mass is 9.93. The molecule has 4 N–H and O–H groups in total. The maximum Gasteiger partial charge on any atom is 0.317 e. The first kappa shape index (κ1) is 29.9. The topological polar surface area (TPSA) is 132 Å². The molecule has 0 heterocycles. The highest BCUT2D eigenvalue weighted by molar-refractivity contribution is 8.13. The van der Waals surface area contributed by atoms with Crippen molar-refractivity contribution >= 4 is 28.9 Å². The van der Waals surface area contributed by atoms with E-state index in [4.69, 9.17) is 30.5 Å². The third kappa shape index (κ3) is 13.3. The molecule has 1 atom stereocenters. The van der Waals surface area contributed by atoms with E-state index in [0.29, 0.717) is 5.75 Å². The van der Waals surface area contributed by atoms with E-state index in [9.17, 15) is 9.59 Å². The van der Waals surface area contributed by atoms with Gasteiger partial charge in [-0.2, -0.15) is 0 Å².